The summed E-state index contributed by atoms with van der Waals surface area (Å²) in [6.45, 7) is 7.33. The molecule has 0 bridgehead atoms. The first-order valence-corrected chi connectivity index (χ1v) is 9.99. The number of alkyl halides is 3. The summed E-state index contributed by atoms with van der Waals surface area (Å²) in [4.78, 5) is 8.68. The molecule has 0 saturated carbocycles. The van der Waals surface area contributed by atoms with E-state index < -0.39 is 11.7 Å². The van der Waals surface area contributed by atoms with Gasteiger partial charge in [0.05, 0.1) is 12.2 Å². The third-order valence-corrected chi connectivity index (χ3v) is 4.89. The molecule has 1 aliphatic rings. The van der Waals surface area contributed by atoms with Crippen molar-refractivity contribution < 1.29 is 17.9 Å². The summed E-state index contributed by atoms with van der Waals surface area (Å²) in [5.74, 6) is 0.434. The van der Waals surface area contributed by atoms with Crippen LogP contribution < -0.4 is 16.0 Å². The first-order valence-electron chi connectivity index (χ1n) is 9.99. The van der Waals surface area contributed by atoms with Crippen LogP contribution in [0.25, 0.3) is 0 Å². The van der Waals surface area contributed by atoms with Gasteiger partial charge in [0.1, 0.15) is 0 Å². The van der Waals surface area contributed by atoms with Crippen LogP contribution in [0.3, 0.4) is 0 Å². The van der Waals surface area contributed by atoms with Gasteiger partial charge in [-0.1, -0.05) is 6.07 Å². The second-order valence-corrected chi connectivity index (χ2v) is 7.35. The maximum absolute atomic E-state index is 12.9. The van der Waals surface area contributed by atoms with Gasteiger partial charge in [-0.15, -0.1) is 24.0 Å². The number of rotatable bonds is 9. The zero-order valence-corrected chi connectivity index (χ0v) is 20.0. The molecule has 0 aliphatic carbocycles. The van der Waals surface area contributed by atoms with Gasteiger partial charge in [-0.3, -0.25) is 9.89 Å². The van der Waals surface area contributed by atoms with E-state index in [1.807, 2.05) is 11.8 Å². The number of methoxy groups -OCH3 is 1. The van der Waals surface area contributed by atoms with Gasteiger partial charge in [0.25, 0.3) is 0 Å². The second-order valence-electron chi connectivity index (χ2n) is 7.35. The van der Waals surface area contributed by atoms with Crippen LogP contribution in [0.2, 0.25) is 0 Å². The minimum Gasteiger partial charge on any atom is -0.383 e. The van der Waals surface area contributed by atoms with E-state index in [2.05, 4.69) is 15.2 Å². The summed E-state index contributed by atoms with van der Waals surface area (Å²) in [5.41, 5.74) is 5.88. The molecule has 0 aromatic heterocycles. The zero-order valence-electron chi connectivity index (χ0n) is 17.6. The maximum atomic E-state index is 12.9. The molecule has 1 heterocycles. The van der Waals surface area contributed by atoms with Gasteiger partial charge in [0.2, 0.25) is 0 Å². The van der Waals surface area contributed by atoms with E-state index in [9.17, 15) is 13.2 Å². The average molecular weight is 543 g/mol. The fourth-order valence-electron chi connectivity index (χ4n) is 3.35. The van der Waals surface area contributed by atoms with E-state index in [1.165, 1.54) is 12.1 Å². The standard InChI is InChI=1S/C20H32F3N5O.HI/c1-16(15-29-2)26-19(24)25-8-3-4-9-27-10-12-28(13-11-27)18-7-5-6-17(14-18)20(21,22)23;/h5-7,14,16H,3-4,8-13,15H2,1-2H3,(H3,24,25,26);1H. The highest BCUT2D eigenvalue weighted by Crippen LogP contribution is 2.31. The number of hydrogen-bond acceptors (Lipinski definition) is 4. The lowest BCUT2D eigenvalue weighted by Crippen LogP contribution is -2.46. The summed E-state index contributed by atoms with van der Waals surface area (Å²) in [5, 5.41) is 3.07. The van der Waals surface area contributed by atoms with Crippen LogP contribution in [0.4, 0.5) is 18.9 Å². The summed E-state index contributed by atoms with van der Waals surface area (Å²) in [6.07, 6.45) is -2.36. The molecule has 10 heteroatoms. The van der Waals surface area contributed by atoms with Gasteiger partial charge < -0.3 is 20.7 Å². The molecule has 3 N–H and O–H groups in total. The monoisotopic (exact) mass is 543 g/mol. The van der Waals surface area contributed by atoms with Crippen molar-refractivity contribution in [2.75, 3.05) is 57.9 Å². The van der Waals surface area contributed by atoms with Crippen LogP contribution in [0.15, 0.2) is 29.3 Å². The molecule has 1 saturated heterocycles. The van der Waals surface area contributed by atoms with Gasteiger partial charge >= 0.3 is 6.18 Å². The van der Waals surface area contributed by atoms with E-state index in [4.69, 9.17) is 10.5 Å². The number of anilines is 1. The molecule has 0 radical (unpaired) electrons. The first kappa shape index (κ1) is 26.8. The molecule has 6 nitrogen and oxygen atoms in total. The van der Waals surface area contributed by atoms with Crippen LogP contribution in [-0.2, 0) is 10.9 Å². The fourth-order valence-corrected chi connectivity index (χ4v) is 3.35. The van der Waals surface area contributed by atoms with Crippen molar-refractivity contribution in [1.29, 1.82) is 0 Å². The number of piperazine rings is 1. The van der Waals surface area contributed by atoms with Crippen LogP contribution in [-0.4, -0.2) is 69.9 Å². The number of ether oxygens (including phenoxy) is 1. The Morgan fingerprint density at radius 2 is 1.93 bits per heavy atom. The summed E-state index contributed by atoms with van der Waals surface area (Å²) >= 11 is 0. The molecular weight excluding hydrogens is 510 g/mol. The average Bonchev–Trinajstić information content (AvgIpc) is 2.68. The summed E-state index contributed by atoms with van der Waals surface area (Å²) < 4.78 is 43.7. The quantitative estimate of drug-likeness (QED) is 0.217. The van der Waals surface area contributed by atoms with E-state index >= 15 is 0 Å². The number of nitrogens with two attached hydrogens (primary N) is 1. The Balaban J connectivity index is 0.00000450. The van der Waals surface area contributed by atoms with Crippen LogP contribution in [0.1, 0.15) is 25.3 Å². The highest BCUT2D eigenvalue weighted by Gasteiger charge is 2.31. The zero-order chi connectivity index (χ0) is 21.3. The van der Waals surface area contributed by atoms with E-state index in [0.717, 1.165) is 51.6 Å². The molecule has 30 heavy (non-hydrogen) atoms. The third-order valence-electron chi connectivity index (χ3n) is 4.89. The molecule has 1 aromatic carbocycles. The van der Waals surface area contributed by atoms with E-state index in [0.29, 0.717) is 24.8 Å². The Hall–Kier alpha value is -1.27. The molecule has 1 fully saturated rings. The number of guanidine groups is 1. The van der Waals surface area contributed by atoms with Crippen molar-refractivity contribution >= 4 is 35.6 Å². The van der Waals surface area contributed by atoms with Crippen molar-refractivity contribution in [3.8, 4) is 0 Å². The number of nitrogens with zero attached hydrogens (tertiary/aromatic N) is 3. The number of aliphatic imine (C=N–C) groups is 1. The Morgan fingerprint density at radius 1 is 1.23 bits per heavy atom. The molecule has 1 aromatic rings. The molecule has 1 unspecified atom stereocenters. The SMILES string of the molecule is COCC(C)NC(N)=NCCCCN1CCN(c2cccc(C(F)(F)F)c2)CC1.I. The Labute approximate surface area is 194 Å². The second kappa shape index (κ2) is 13.2. The molecule has 1 aliphatic heterocycles. The summed E-state index contributed by atoms with van der Waals surface area (Å²) in [7, 11) is 1.64. The van der Waals surface area contributed by atoms with Crippen molar-refractivity contribution in [3.63, 3.8) is 0 Å². The molecule has 0 spiro atoms. The lowest BCUT2D eigenvalue weighted by atomic mass is 10.1. The van der Waals surface area contributed by atoms with Gasteiger partial charge in [-0.25, -0.2) is 0 Å². The number of unbranched alkanes of at least 4 members (excludes halogenated alkanes) is 1. The normalized spacial score (nSPS) is 16.8. The first-order chi connectivity index (χ1) is 13.8. The number of nitrogens with one attached hydrogen (secondary N) is 1. The summed E-state index contributed by atoms with van der Waals surface area (Å²) in [6, 6.07) is 5.69. The number of benzene rings is 1. The molecule has 1 atom stereocenters. The highest BCUT2D eigenvalue weighted by molar-refractivity contribution is 14.0. The molecule has 0 amide bonds. The van der Waals surface area contributed by atoms with Crippen molar-refractivity contribution in [3.05, 3.63) is 29.8 Å². The van der Waals surface area contributed by atoms with E-state index in [-0.39, 0.29) is 30.0 Å². The Kier molecular flexibility index (Phi) is 11.8. The van der Waals surface area contributed by atoms with E-state index in [1.54, 1.807) is 13.2 Å². The number of hydrogen-bond donors (Lipinski definition) is 2. The van der Waals surface area contributed by atoms with Gasteiger partial charge in [-0.2, -0.15) is 13.2 Å². The minimum atomic E-state index is -4.30. The number of halogens is 4. The fraction of sp³-hybridized carbons (Fsp3) is 0.650. The van der Waals surface area contributed by atoms with Crippen LogP contribution in [0, 0.1) is 0 Å². The van der Waals surface area contributed by atoms with Gasteiger partial charge in [0.15, 0.2) is 5.96 Å². The lowest BCUT2D eigenvalue weighted by molar-refractivity contribution is -0.137. The lowest BCUT2D eigenvalue weighted by Gasteiger charge is -2.36. The minimum absolute atomic E-state index is 0. The third kappa shape index (κ3) is 9.25. The van der Waals surface area contributed by atoms with Crippen molar-refractivity contribution in [2.45, 2.75) is 32.0 Å². The smallest absolute Gasteiger partial charge is 0.383 e. The van der Waals surface area contributed by atoms with Crippen molar-refractivity contribution in [1.82, 2.24) is 10.2 Å². The topological polar surface area (TPSA) is 66.1 Å². The Bertz CT molecular complexity index is 652. The predicted octanol–water partition coefficient (Wildman–Crippen LogP) is 3.16. The van der Waals surface area contributed by atoms with Crippen LogP contribution >= 0.6 is 24.0 Å². The highest BCUT2D eigenvalue weighted by atomic mass is 127. The molecule has 2 rings (SSSR count). The van der Waals surface area contributed by atoms with Gasteiger partial charge in [0, 0.05) is 51.6 Å². The molecular formula is C20H33F3IN5O. The van der Waals surface area contributed by atoms with Crippen molar-refractivity contribution in [2.24, 2.45) is 10.7 Å². The van der Waals surface area contributed by atoms with Crippen LogP contribution in [0.5, 0.6) is 0 Å². The largest absolute Gasteiger partial charge is 0.416 e. The Morgan fingerprint density at radius 3 is 2.57 bits per heavy atom. The predicted molar refractivity (Wildman–Crippen MR) is 126 cm³/mol. The maximum Gasteiger partial charge on any atom is 0.416 e. The molecule has 172 valence electrons. The van der Waals surface area contributed by atoms with Gasteiger partial charge in [-0.05, 0) is 44.5 Å².